The number of amides is 1. The smallest absolute Gasteiger partial charge is 0.422 e. The highest BCUT2D eigenvalue weighted by atomic mass is 35.5. The number of nitrogens with two attached hydrogens (primary N) is 1. The summed E-state index contributed by atoms with van der Waals surface area (Å²) in [6.07, 6.45) is -3.83. The number of rotatable bonds is 8. The fourth-order valence-corrected chi connectivity index (χ4v) is 2.07. The maximum atomic E-state index is 12.3. The van der Waals surface area contributed by atoms with E-state index in [4.69, 9.17) is 15.2 Å². The number of nitrogens with one attached hydrogen (secondary N) is 1. The van der Waals surface area contributed by atoms with Crippen LogP contribution in [0.25, 0.3) is 0 Å². The van der Waals surface area contributed by atoms with Crippen LogP contribution >= 0.6 is 12.4 Å². The minimum atomic E-state index is -4.45. The van der Waals surface area contributed by atoms with E-state index in [-0.39, 0.29) is 36.4 Å². The first-order chi connectivity index (χ1) is 12.3. The number of hydrogen-bond acceptors (Lipinski definition) is 4. The fraction of sp³-hybridized carbons (Fsp3) is 0.278. The Morgan fingerprint density at radius 1 is 1.00 bits per heavy atom. The van der Waals surface area contributed by atoms with Crippen LogP contribution in [0.3, 0.4) is 0 Å². The van der Waals surface area contributed by atoms with Gasteiger partial charge in [-0.05, 0) is 36.2 Å². The molecule has 9 heteroatoms. The molecule has 0 bridgehead atoms. The first-order valence-corrected chi connectivity index (χ1v) is 7.86. The van der Waals surface area contributed by atoms with E-state index in [2.05, 4.69) is 5.32 Å². The van der Waals surface area contributed by atoms with Crippen LogP contribution in [0.5, 0.6) is 11.5 Å². The van der Waals surface area contributed by atoms with E-state index in [0.717, 1.165) is 5.56 Å². The number of halogens is 4. The van der Waals surface area contributed by atoms with Crippen molar-refractivity contribution in [3.8, 4) is 11.5 Å². The SMILES string of the molecule is Cl.Nc1ccc(CCNC(=O)COc2ccccc2OCC(F)(F)F)cc1. The molecule has 0 radical (unpaired) electrons. The van der Waals surface area contributed by atoms with E-state index in [1.54, 1.807) is 18.2 Å². The zero-order chi connectivity index (χ0) is 19.0. The van der Waals surface area contributed by atoms with E-state index in [0.29, 0.717) is 18.7 Å². The monoisotopic (exact) mass is 404 g/mol. The molecule has 2 aromatic carbocycles. The molecule has 2 aromatic rings. The summed E-state index contributed by atoms with van der Waals surface area (Å²) in [5.41, 5.74) is 7.28. The quantitative estimate of drug-likeness (QED) is 0.662. The molecule has 0 aliphatic carbocycles. The normalized spacial score (nSPS) is 10.6. The molecular formula is C18H20ClF3N2O3. The van der Waals surface area contributed by atoms with E-state index in [9.17, 15) is 18.0 Å². The Kier molecular flexibility index (Phi) is 8.74. The molecule has 0 saturated carbocycles. The summed E-state index contributed by atoms with van der Waals surface area (Å²) < 4.78 is 46.7. The van der Waals surface area contributed by atoms with Crippen molar-refractivity contribution in [3.63, 3.8) is 0 Å². The molecule has 2 rings (SSSR count). The summed E-state index contributed by atoms with van der Waals surface area (Å²) in [6.45, 7) is -1.35. The maximum absolute atomic E-state index is 12.3. The molecule has 148 valence electrons. The lowest BCUT2D eigenvalue weighted by atomic mass is 10.1. The third kappa shape index (κ3) is 8.54. The second-order valence-corrected chi connectivity index (χ2v) is 5.48. The number of anilines is 1. The second kappa shape index (κ2) is 10.5. The Labute approximate surface area is 161 Å². The largest absolute Gasteiger partial charge is 0.480 e. The van der Waals surface area contributed by atoms with Crippen LogP contribution in [-0.4, -0.2) is 31.8 Å². The Balaban J connectivity index is 0.00000364. The molecule has 0 aromatic heterocycles. The van der Waals surface area contributed by atoms with Crippen molar-refractivity contribution in [1.82, 2.24) is 5.32 Å². The molecule has 0 fully saturated rings. The molecule has 0 atom stereocenters. The number of ether oxygens (including phenoxy) is 2. The molecule has 0 aliphatic rings. The number of alkyl halides is 3. The topological polar surface area (TPSA) is 73.6 Å². The molecule has 0 saturated heterocycles. The zero-order valence-corrected chi connectivity index (χ0v) is 15.1. The van der Waals surface area contributed by atoms with Crippen molar-refractivity contribution >= 4 is 24.0 Å². The minimum absolute atomic E-state index is 0. The molecule has 27 heavy (non-hydrogen) atoms. The van der Waals surface area contributed by atoms with Gasteiger partial charge in [0.2, 0.25) is 0 Å². The number of benzene rings is 2. The van der Waals surface area contributed by atoms with Gasteiger partial charge in [0, 0.05) is 12.2 Å². The maximum Gasteiger partial charge on any atom is 0.422 e. The van der Waals surface area contributed by atoms with Gasteiger partial charge in [0.1, 0.15) is 0 Å². The summed E-state index contributed by atoms with van der Waals surface area (Å²) in [7, 11) is 0. The van der Waals surface area contributed by atoms with Gasteiger partial charge in [0.05, 0.1) is 0 Å². The van der Waals surface area contributed by atoms with Gasteiger partial charge in [-0.3, -0.25) is 4.79 Å². The van der Waals surface area contributed by atoms with E-state index >= 15 is 0 Å². The number of nitrogen functional groups attached to an aromatic ring is 1. The average molecular weight is 405 g/mol. The summed E-state index contributed by atoms with van der Waals surface area (Å²) in [5, 5.41) is 2.68. The third-order valence-electron chi connectivity index (χ3n) is 3.31. The van der Waals surface area contributed by atoms with Gasteiger partial charge in [0.25, 0.3) is 5.91 Å². The van der Waals surface area contributed by atoms with E-state index in [1.807, 2.05) is 12.1 Å². The number of carbonyl (C=O) groups is 1. The van der Waals surface area contributed by atoms with E-state index < -0.39 is 12.8 Å². The van der Waals surface area contributed by atoms with Gasteiger partial charge in [-0.2, -0.15) is 13.2 Å². The Hall–Kier alpha value is -2.61. The lowest BCUT2D eigenvalue weighted by Crippen LogP contribution is -2.30. The lowest BCUT2D eigenvalue weighted by Gasteiger charge is -2.13. The molecule has 0 spiro atoms. The first kappa shape index (κ1) is 22.4. The highest BCUT2D eigenvalue weighted by molar-refractivity contribution is 5.85. The van der Waals surface area contributed by atoms with Crippen LogP contribution in [0.4, 0.5) is 18.9 Å². The minimum Gasteiger partial charge on any atom is -0.480 e. The van der Waals surface area contributed by atoms with Crippen LogP contribution in [0, 0.1) is 0 Å². The highest BCUT2D eigenvalue weighted by Crippen LogP contribution is 2.28. The van der Waals surface area contributed by atoms with Crippen molar-refractivity contribution in [2.24, 2.45) is 0 Å². The van der Waals surface area contributed by atoms with Gasteiger partial charge in [-0.1, -0.05) is 24.3 Å². The standard InChI is InChI=1S/C18H19F3N2O3.ClH/c19-18(20,21)12-26-16-4-2-1-3-15(16)25-11-17(24)23-10-9-13-5-7-14(22)8-6-13;/h1-8H,9-12,22H2,(H,23,24);1H. The Morgan fingerprint density at radius 3 is 2.19 bits per heavy atom. The van der Waals surface area contributed by atoms with Crippen LogP contribution in [-0.2, 0) is 11.2 Å². The molecule has 3 N–H and O–H groups in total. The predicted octanol–water partition coefficient (Wildman–Crippen LogP) is 3.37. The van der Waals surface area contributed by atoms with Gasteiger partial charge < -0.3 is 20.5 Å². The van der Waals surface area contributed by atoms with Gasteiger partial charge in [0.15, 0.2) is 24.7 Å². The first-order valence-electron chi connectivity index (χ1n) is 7.86. The van der Waals surface area contributed by atoms with E-state index in [1.165, 1.54) is 18.2 Å². The number of para-hydroxylation sites is 2. The number of hydrogen-bond donors (Lipinski definition) is 2. The van der Waals surface area contributed by atoms with Crippen LogP contribution in [0.15, 0.2) is 48.5 Å². The summed E-state index contributed by atoms with van der Waals surface area (Å²) in [4.78, 5) is 11.8. The molecule has 1 amide bonds. The summed E-state index contributed by atoms with van der Waals surface area (Å²) >= 11 is 0. The molecule has 0 heterocycles. The van der Waals surface area contributed by atoms with Gasteiger partial charge in [-0.15, -0.1) is 12.4 Å². The van der Waals surface area contributed by atoms with Crippen LogP contribution in [0.2, 0.25) is 0 Å². The van der Waals surface area contributed by atoms with Crippen molar-refractivity contribution in [1.29, 1.82) is 0 Å². The Bertz CT molecular complexity index is 725. The predicted molar refractivity (Wildman–Crippen MR) is 98.3 cm³/mol. The number of carbonyl (C=O) groups excluding carboxylic acids is 1. The van der Waals surface area contributed by atoms with Crippen molar-refractivity contribution < 1.29 is 27.4 Å². The molecular weight excluding hydrogens is 385 g/mol. The Morgan fingerprint density at radius 2 is 1.59 bits per heavy atom. The van der Waals surface area contributed by atoms with Crippen molar-refractivity contribution in [3.05, 3.63) is 54.1 Å². The fourth-order valence-electron chi connectivity index (χ4n) is 2.07. The average Bonchev–Trinajstić information content (AvgIpc) is 2.60. The second-order valence-electron chi connectivity index (χ2n) is 5.48. The highest BCUT2D eigenvalue weighted by Gasteiger charge is 2.29. The van der Waals surface area contributed by atoms with Crippen LogP contribution < -0.4 is 20.5 Å². The van der Waals surface area contributed by atoms with Gasteiger partial charge in [-0.25, -0.2) is 0 Å². The van der Waals surface area contributed by atoms with Crippen molar-refractivity contribution in [2.75, 3.05) is 25.5 Å². The molecule has 5 nitrogen and oxygen atoms in total. The molecule has 0 aliphatic heterocycles. The summed E-state index contributed by atoms with van der Waals surface area (Å²) in [5.74, 6) is -0.379. The molecule has 0 unspecified atom stereocenters. The summed E-state index contributed by atoms with van der Waals surface area (Å²) in [6, 6.07) is 13.2. The van der Waals surface area contributed by atoms with Gasteiger partial charge >= 0.3 is 6.18 Å². The van der Waals surface area contributed by atoms with Crippen LogP contribution in [0.1, 0.15) is 5.56 Å². The third-order valence-corrected chi connectivity index (χ3v) is 3.31. The lowest BCUT2D eigenvalue weighted by molar-refractivity contribution is -0.153. The van der Waals surface area contributed by atoms with Crippen molar-refractivity contribution in [2.45, 2.75) is 12.6 Å². The zero-order valence-electron chi connectivity index (χ0n) is 14.3.